The zero-order valence-corrected chi connectivity index (χ0v) is 19.2. The van der Waals surface area contributed by atoms with E-state index in [1.54, 1.807) is 24.5 Å². The summed E-state index contributed by atoms with van der Waals surface area (Å²) in [6, 6.07) is 2.40. The number of aryl methyl sites for hydroxylation is 2. The monoisotopic (exact) mass is 442 g/mol. The second kappa shape index (κ2) is 9.02. The van der Waals surface area contributed by atoms with E-state index < -0.39 is 12.2 Å². The average Bonchev–Trinajstić information content (AvgIpc) is 3.41. The maximum absolute atomic E-state index is 10.6. The SMILES string of the molecule is CCC(C(C)O)[C@@H](O)CNc1nc(NC2CC2)nc(C)c1-c1nc2c(C)nccc2s1. The Morgan fingerprint density at radius 2 is 1.94 bits per heavy atom. The first-order chi connectivity index (χ1) is 14.9. The highest BCUT2D eigenvalue weighted by Gasteiger charge is 2.26. The van der Waals surface area contributed by atoms with Crippen molar-refractivity contribution in [2.75, 3.05) is 17.2 Å². The summed E-state index contributed by atoms with van der Waals surface area (Å²) in [4.78, 5) is 18.6. The van der Waals surface area contributed by atoms with Gasteiger partial charge in [0.15, 0.2) is 0 Å². The van der Waals surface area contributed by atoms with Crippen molar-refractivity contribution in [3.05, 3.63) is 23.7 Å². The Labute approximate surface area is 186 Å². The largest absolute Gasteiger partial charge is 0.393 e. The van der Waals surface area contributed by atoms with Gasteiger partial charge in [0.2, 0.25) is 5.95 Å². The number of aliphatic hydroxyl groups excluding tert-OH is 2. The molecule has 0 bridgehead atoms. The number of rotatable bonds is 9. The second-order valence-corrected chi connectivity index (χ2v) is 9.33. The number of thiazole rings is 1. The van der Waals surface area contributed by atoms with Crippen LogP contribution < -0.4 is 10.6 Å². The van der Waals surface area contributed by atoms with Crippen molar-refractivity contribution in [3.63, 3.8) is 0 Å². The van der Waals surface area contributed by atoms with Gasteiger partial charge in [-0.3, -0.25) is 4.98 Å². The third-order valence-corrected chi connectivity index (χ3v) is 6.81. The first-order valence-electron chi connectivity index (χ1n) is 10.8. The number of aromatic nitrogens is 4. The first-order valence-corrected chi connectivity index (χ1v) is 11.7. The van der Waals surface area contributed by atoms with E-state index in [1.807, 2.05) is 26.8 Å². The van der Waals surface area contributed by atoms with Crippen molar-refractivity contribution in [2.24, 2.45) is 5.92 Å². The van der Waals surface area contributed by atoms with E-state index in [0.717, 1.165) is 45.0 Å². The molecule has 4 N–H and O–H groups in total. The Balaban J connectivity index is 1.70. The van der Waals surface area contributed by atoms with Gasteiger partial charge in [0.25, 0.3) is 0 Å². The highest BCUT2D eigenvalue weighted by Crippen LogP contribution is 2.37. The number of anilines is 2. The van der Waals surface area contributed by atoms with E-state index >= 15 is 0 Å². The summed E-state index contributed by atoms with van der Waals surface area (Å²) >= 11 is 1.58. The van der Waals surface area contributed by atoms with Gasteiger partial charge in [-0.1, -0.05) is 6.92 Å². The molecular weight excluding hydrogens is 412 g/mol. The van der Waals surface area contributed by atoms with Crippen LogP contribution in [0.4, 0.5) is 11.8 Å². The zero-order valence-electron chi connectivity index (χ0n) is 18.4. The van der Waals surface area contributed by atoms with Crippen molar-refractivity contribution in [3.8, 4) is 10.6 Å². The lowest BCUT2D eigenvalue weighted by Crippen LogP contribution is -2.35. The van der Waals surface area contributed by atoms with Crippen LogP contribution in [0.5, 0.6) is 0 Å². The van der Waals surface area contributed by atoms with Crippen molar-refractivity contribution < 1.29 is 10.2 Å². The predicted octanol–water partition coefficient (Wildman–Crippen LogP) is 3.52. The van der Waals surface area contributed by atoms with Crippen molar-refractivity contribution >= 4 is 33.3 Å². The van der Waals surface area contributed by atoms with Crippen LogP contribution in [0.25, 0.3) is 20.8 Å². The summed E-state index contributed by atoms with van der Waals surface area (Å²) in [5, 5.41) is 28.1. The molecule has 3 aromatic heterocycles. The van der Waals surface area contributed by atoms with Gasteiger partial charge in [-0.25, -0.2) is 9.97 Å². The van der Waals surface area contributed by atoms with E-state index in [2.05, 4.69) is 20.6 Å². The smallest absolute Gasteiger partial charge is 0.225 e. The molecule has 1 saturated carbocycles. The molecule has 0 spiro atoms. The minimum atomic E-state index is -0.699. The van der Waals surface area contributed by atoms with Gasteiger partial charge in [-0.2, -0.15) is 4.98 Å². The molecule has 3 atom stereocenters. The van der Waals surface area contributed by atoms with Crippen LogP contribution in [-0.4, -0.2) is 54.9 Å². The van der Waals surface area contributed by atoms with E-state index in [4.69, 9.17) is 9.97 Å². The summed E-state index contributed by atoms with van der Waals surface area (Å²) in [6.07, 6.45) is 3.46. The lowest BCUT2D eigenvalue weighted by molar-refractivity contribution is 0.0268. The Morgan fingerprint density at radius 3 is 2.58 bits per heavy atom. The first kappa shape index (κ1) is 21.9. The molecule has 0 radical (unpaired) electrons. The molecule has 0 saturated heterocycles. The summed E-state index contributed by atoms with van der Waals surface area (Å²) in [6.45, 7) is 7.87. The molecule has 166 valence electrons. The summed E-state index contributed by atoms with van der Waals surface area (Å²) in [5.41, 5.74) is 3.42. The van der Waals surface area contributed by atoms with E-state index in [9.17, 15) is 10.2 Å². The Kier molecular flexibility index (Phi) is 6.36. The molecule has 3 heterocycles. The fourth-order valence-electron chi connectivity index (χ4n) is 3.81. The molecule has 0 aromatic carbocycles. The lowest BCUT2D eigenvalue weighted by atomic mass is 9.94. The molecule has 1 aliphatic rings. The average molecular weight is 443 g/mol. The standard InChI is InChI=1S/C22H30N6O2S/c1-5-15(13(4)29)16(30)10-24-20-18(11(2)25-22(28-20)26-14-6-7-14)21-27-19-12(3)23-9-8-17(19)31-21/h8-9,13-16,29-30H,5-7,10H2,1-4H3,(H2,24,25,26,28)/t13?,15?,16-/m0/s1. The van der Waals surface area contributed by atoms with Crippen molar-refractivity contribution in [1.82, 2.24) is 19.9 Å². The number of aliphatic hydroxyl groups is 2. The highest BCUT2D eigenvalue weighted by atomic mass is 32.1. The van der Waals surface area contributed by atoms with Crippen LogP contribution in [0.15, 0.2) is 12.3 Å². The number of nitrogens with zero attached hydrogens (tertiary/aromatic N) is 4. The molecule has 31 heavy (non-hydrogen) atoms. The molecule has 3 aromatic rings. The van der Waals surface area contributed by atoms with Crippen LogP contribution in [0, 0.1) is 19.8 Å². The Hall–Kier alpha value is -2.36. The Bertz CT molecular complexity index is 1070. The van der Waals surface area contributed by atoms with E-state index in [-0.39, 0.29) is 12.5 Å². The van der Waals surface area contributed by atoms with Gasteiger partial charge in [-0.05, 0) is 46.1 Å². The van der Waals surface area contributed by atoms with Gasteiger partial charge in [-0.15, -0.1) is 11.3 Å². The number of nitrogens with one attached hydrogen (secondary N) is 2. The van der Waals surface area contributed by atoms with Crippen LogP contribution >= 0.6 is 11.3 Å². The number of hydrogen-bond donors (Lipinski definition) is 4. The maximum atomic E-state index is 10.6. The number of fused-ring (bicyclic) bond motifs is 1. The molecule has 1 aliphatic carbocycles. The molecule has 4 rings (SSSR count). The van der Waals surface area contributed by atoms with E-state index in [1.165, 1.54) is 0 Å². The van der Waals surface area contributed by atoms with E-state index in [0.29, 0.717) is 24.2 Å². The third kappa shape index (κ3) is 4.78. The van der Waals surface area contributed by atoms with Crippen molar-refractivity contribution in [1.29, 1.82) is 0 Å². The van der Waals surface area contributed by atoms with Gasteiger partial charge in [0.1, 0.15) is 16.3 Å². The summed E-state index contributed by atoms with van der Waals surface area (Å²) in [7, 11) is 0. The van der Waals surface area contributed by atoms with Crippen LogP contribution in [-0.2, 0) is 0 Å². The fourth-order valence-corrected chi connectivity index (χ4v) is 4.92. The summed E-state index contributed by atoms with van der Waals surface area (Å²) < 4.78 is 1.06. The minimum absolute atomic E-state index is 0.209. The van der Waals surface area contributed by atoms with Gasteiger partial charge in [0.05, 0.1) is 33.9 Å². The van der Waals surface area contributed by atoms with Gasteiger partial charge >= 0.3 is 0 Å². The highest BCUT2D eigenvalue weighted by molar-refractivity contribution is 7.21. The molecule has 0 aliphatic heterocycles. The van der Waals surface area contributed by atoms with Crippen LogP contribution in [0.1, 0.15) is 44.5 Å². The maximum Gasteiger partial charge on any atom is 0.225 e. The van der Waals surface area contributed by atoms with Crippen LogP contribution in [0.2, 0.25) is 0 Å². The predicted molar refractivity (Wildman–Crippen MR) is 125 cm³/mol. The fraction of sp³-hybridized carbons (Fsp3) is 0.545. The topological polar surface area (TPSA) is 116 Å². The van der Waals surface area contributed by atoms with Crippen LogP contribution in [0.3, 0.4) is 0 Å². The van der Waals surface area contributed by atoms with Gasteiger partial charge in [0, 0.05) is 24.7 Å². The molecular formula is C22H30N6O2S. The summed E-state index contributed by atoms with van der Waals surface area (Å²) in [5.74, 6) is 1.01. The lowest BCUT2D eigenvalue weighted by Gasteiger charge is -2.25. The normalized spacial score (nSPS) is 16.8. The van der Waals surface area contributed by atoms with Crippen molar-refractivity contribution in [2.45, 2.75) is 65.2 Å². The molecule has 9 heteroatoms. The second-order valence-electron chi connectivity index (χ2n) is 8.30. The third-order valence-electron chi connectivity index (χ3n) is 5.77. The number of pyridine rings is 1. The van der Waals surface area contributed by atoms with Gasteiger partial charge < -0.3 is 20.8 Å². The molecule has 8 nitrogen and oxygen atoms in total. The zero-order chi connectivity index (χ0) is 22.1. The minimum Gasteiger partial charge on any atom is -0.393 e. The molecule has 2 unspecified atom stereocenters. The molecule has 0 amide bonds. The molecule has 1 fully saturated rings. The number of hydrogen-bond acceptors (Lipinski definition) is 9. The quantitative estimate of drug-likeness (QED) is 0.398. The Morgan fingerprint density at radius 1 is 1.16 bits per heavy atom.